The third-order valence-corrected chi connectivity index (χ3v) is 5.56. The zero-order valence-corrected chi connectivity index (χ0v) is 14.4. The first kappa shape index (κ1) is 18.4. The number of ether oxygens (including phenoxy) is 1. The fraction of sp³-hybridized carbons (Fsp3) is 0.263. The van der Waals surface area contributed by atoms with Crippen LogP contribution in [0.25, 0.3) is 0 Å². The number of aliphatic hydroxyl groups is 1. The predicted octanol–water partition coefficient (Wildman–Crippen LogP) is 3.33. The Balaban J connectivity index is 1.93. The third-order valence-electron chi connectivity index (χ3n) is 3.58. The van der Waals surface area contributed by atoms with Crippen molar-refractivity contribution in [1.82, 2.24) is 0 Å². The molecule has 0 saturated heterocycles. The molecule has 0 spiro atoms. The molecule has 1 atom stereocenters. The second-order valence-electron chi connectivity index (χ2n) is 5.43. The van der Waals surface area contributed by atoms with Crippen LogP contribution in [0.4, 0.5) is 0 Å². The highest BCUT2D eigenvalue weighted by atomic mass is 32.2. The molecule has 5 heteroatoms. The van der Waals surface area contributed by atoms with Gasteiger partial charge in [-0.1, -0.05) is 54.6 Å². The van der Waals surface area contributed by atoms with Crippen molar-refractivity contribution in [3.05, 3.63) is 77.2 Å². The summed E-state index contributed by atoms with van der Waals surface area (Å²) in [6, 6.07) is 17.9. The van der Waals surface area contributed by atoms with Crippen molar-refractivity contribution in [1.29, 1.82) is 0 Å². The SMILES string of the molecule is C/C=C(\CC(O)COCc1ccccc1)S(=O)(=O)c1ccccc1. The number of aliphatic hydroxyl groups excluding tert-OH is 1. The molecule has 0 aromatic heterocycles. The molecular formula is C19H22O4S. The van der Waals surface area contributed by atoms with Crippen molar-refractivity contribution in [2.75, 3.05) is 6.61 Å². The number of hydrogen-bond donors (Lipinski definition) is 1. The molecule has 2 aromatic carbocycles. The average Bonchev–Trinajstić information content (AvgIpc) is 2.61. The maximum absolute atomic E-state index is 12.6. The van der Waals surface area contributed by atoms with Crippen LogP contribution in [0, 0.1) is 0 Å². The monoisotopic (exact) mass is 346 g/mol. The van der Waals surface area contributed by atoms with E-state index in [9.17, 15) is 13.5 Å². The van der Waals surface area contributed by atoms with Crippen LogP contribution in [0.2, 0.25) is 0 Å². The maximum atomic E-state index is 12.6. The first-order valence-electron chi connectivity index (χ1n) is 7.79. The lowest BCUT2D eigenvalue weighted by Crippen LogP contribution is -2.19. The highest BCUT2D eigenvalue weighted by molar-refractivity contribution is 7.95. The van der Waals surface area contributed by atoms with Crippen LogP contribution in [0.3, 0.4) is 0 Å². The van der Waals surface area contributed by atoms with Crippen molar-refractivity contribution in [2.24, 2.45) is 0 Å². The summed E-state index contributed by atoms with van der Waals surface area (Å²) in [6.45, 7) is 2.12. The van der Waals surface area contributed by atoms with E-state index in [2.05, 4.69) is 0 Å². The van der Waals surface area contributed by atoms with Gasteiger partial charge in [-0.3, -0.25) is 0 Å². The Kier molecular flexibility index (Phi) is 6.73. The molecule has 0 bridgehead atoms. The number of allylic oxidation sites excluding steroid dienone is 1. The van der Waals surface area contributed by atoms with Gasteiger partial charge in [-0.15, -0.1) is 0 Å². The van der Waals surface area contributed by atoms with Crippen LogP contribution in [-0.4, -0.2) is 26.2 Å². The topological polar surface area (TPSA) is 63.6 Å². The van der Waals surface area contributed by atoms with Gasteiger partial charge >= 0.3 is 0 Å². The van der Waals surface area contributed by atoms with Crippen LogP contribution < -0.4 is 0 Å². The summed E-state index contributed by atoms with van der Waals surface area (Å²) in [7, 11) is -3.58. The van der Waals surface area contributed by atoms with E-state index in [-0.39, 0.29) is 22.8 Å². The van der Waals surface area contributed by atoms with Crippen molar-refractivity contribution in [3.8, 4) is 0 Å². The molecule has 0 fully saturated rings. The van der Waals surface area contributed by atoms with Crippen LogP contribution in [0.1, 0.15) is 18.9 Å². The second-order valence-corrected chi connectivity index (χ2v) is 7.43. The average molecular weight is 346 g/mol. The molecule has 0 heterocycles. The van der Waals surface area contributed by atoms with Crippen molar-refractivity contribution < 1.29 is 18.3 Å². The fourth-order valence-corrected chi connectivity index (χ4v) is 3.85. The zero-order valence-electron chi connectivity index (χ0n) is 13.6. The highest BCUT2D eigenvalue weighted by Crippen LogP contribution is 2.23. The quantitative estimate of drug-likeness (QED) is 0.796. The Labute approximate surface area is 143 Å². The molecule has 0 saturated carbocycles. The largest absolute Gasteiger partial charge is 0.390 e. The number of hydrogen-bond acceptors (Lipinski definition) is 4. The summed E-state index contributed by atoms with van der Waals surface area (Å²) in [4.78, 5) is 0.431. The minimum Gasteiger partial charge on any atom is -0.390 e. The Morgan fingerprint density at radius 2 is 1.67 bits per heavy atom. The normalized spacial score (nSPS) is 13.7. The van der Waals surface area contributed by atoms with E-state index in [1.54, 1.807) is 37.3 Å². The van der Waals surface area contributed by atoms with Gasteiger partial charge in [0.1, 0.15) is 0 Å². The highest BCUT2D eigenvalue weighted by Gasteiger charge is 2.22. The van der Waals surface area contributed by atoms with Crippen LogP contribution in [-0.2, 0) is 21.2 Å². The van der Waals surface area contributed by atoms with E-state index in [0.29, 0.717) is 6.61 Å². The predicted molar refractivity (Wildman–Crippen MR) is 94.1 cm³/mol. The summed E-state index contributed by atoms with van der Waals surface area (Å²) >= 11 is 0. The lowest BCUT2D eigenvalue weighted by molar-refractivity contribution is 0.0296. The molecular weight excluding hydrogens is 324 g/mol. The van der Waals surface area contributed by atoms with E-state index in [1.165, 1.54) is 6.08 Å². The molecule has 0 radical (unpaired) electrons. The molecule has 4 nitrogen and oxygen atoms in total. The van der Waals surface area contributed by atoms with Gasteiger partial charge in [-0.2, -0.15) is 0 Å². The summed E-state index contributed by atoms with van der Waals surface area (Å²) in [5, 5.41) is 10.1. The fourth-order valence-electron chi connectivity index (χ4n) is 2.31. The van der Waals surface area contributed by atoms with E-state index in [4.69, 9.17) is 4.74 Å². The minimum absolute atomic E-state index is 0.0303. The molecule has 24 heavy (non-hydrogen) atoms. The van der Waals surface area contributed by atoms with Gasteiger partial charge in [0.2, 0.25) is 9.84 Å². The Morgan fingerprint density at radius 1 is 1.08 bits per heavy atom. The molecule has 2 aromatic rings. The number of sulfone groups is 1. The lowest BCUT2D eigenvalue weighted by atomic mass is 10.2. The van der Waals surface area contributed by atoms with Gasteiger partial charge in [0.15, 0.2) is 0 Å². The van der Waals surface area contributed by atoms with E-state index >= 15 is 0 Å². The van der Waals surface area contributed by atoms with Crippen molar-refractivity contribution >= 4 is 9.84 Å². The number of rotatable bonds is 8. The van der Waals surface area contributed by atoms with Gasteiger partial charge in [-0.05, 0) is 24.6 Å². The summed E-state index contributed by atoms with van der Waals surface area (Å²) in [5.41, 5.74) is 1.01. The minimum atomic E-state index is -3.58. The first-order chi connectivity index (χ1) is 11.5. The van der Waals surface area contributed by atoms with Crippen molar-refractivity contribution in [2.45, 2.75) is 31.0 Å². The molecule has 0 amide bonds. The molecule has 1 unspecified atom stereocenters. The van der Waals surface area contributed by atoms with Gasteiger partial charge < -0.3 is 9.84 Å². The summed E-state index contributed by atoms with van der Waals surface area (Å²) < 4.78 is 30.6. The molecule has 128 valence electrons. The Morgan fingerprint density at radius 3 is 2.25 bits per heavy atom. The first-order valence-corrected chi connectivity index (χ1v) is 9.27. The maximum Gasteiger partial charge on any atom is 0.202 e. The standard InChI is InChI=1S/C19H22O4S/c1-2-18(24(21,22)19-11-7-4-8-12-19)13-17(20)15-23-14-16-9-5-3-6-10-16/h2-12,17,20H,13-15H2,1H3/b18-2+. The van der Waals surface area contributed by atoms with Crippen LogP contribution >= 0.6 is 0 Å². The zero-order chi connectivity index (χ0) is 17.4. The second kappa shape index (κ2) is 8.78. The van der Waals surface area contributed by atoms with E-state index in [1.807, 2.05) is 30.3 Å². The Hall–Kier alpha value is -1.95. The Bertz CT molecular complexity index is 752. The molecule has 0 aliphatic rings. The van der Waals surface area contributed by atoms with Crippen LogP contribution in [0.5, 0.6) is 0 Å². The van der Waals surface area contributed by atoms with Gasteiger partial charge in [0.05, 0.1) is 24.2 Å². The van der Waals surface area contributed by atoms with Gasteiger partial charge in [0.25, 0.3) is 0 Å². The molecule has 0 aliphatic heterocycles. The van der Waals surface area contributed by atoms with Gasteiger partial charge in [0, 0.05) is 11.3 Å². The molecule has 1 N–H and O–H groups in total. The molecule has 0 aliphatic carbocycles. The summed E-state index contributed by atoms with van der Waals surface area (Å²) in [5.74, 6) is 0. The van der Waals surface area contributed by atoms with Crippen LogP contribution in [0.15, 0.2) is 76.5 Å². The smallest absolute Gasteiger partial charge is 0.202 e. The molecule has 2 rings (SSSR count). The number of benzene rings is 2. The summed E-state index contributed by atoms with van der Waals surface area (Å²) in [6.07, 6.45) is 0.684. The third kappa shape index (κ3) is 5.03. The van der Waals surface area contributed by atoms with E-state index < -0.39 is 15.9 Å². The lowest BCUT2D eigenvalue weighted by Gasteiger charge is -2.14. The van der Waals surface area contributed by atoms with E-state index in [0.717, 1.165) is 5.56 Å². The van der Waals surface area contributed by atoms with Gasteiger partial charge in [-0.25, -0.2) is 8.42 Å². The van der Waals surface area contributed by atoms with Crippen molar-refractivity contribution in [3.63, 3.8) is 0 Å².